The Morgan fingerprint density at radius 3 is 0.852 bits per heavy atom. The van der Waals surface area contributed by atoms with Gasteiger partial charge in [-0.2, -0.15) is 0 Å². The third-order valence-corrected chi connectivity index (χ3v) is 6.18. The van der Waals surface area contributed by atoms with E-state index in [1.54, 1.807) is 0 Å². The first-order valence-electron chi connectivity index (χ1n) is 13.1. The third kappa shape index (κ3) is 24.0. The largest absolute Gasteiger partial charge is 0.0654 e. The number of hydrogen-bond donors (Lipinski definition) is 0. The van der Waals surface area contributed by atoms with Crippen LogP contribution in [0.3, 0.4) is 0 Å². The molecule has 0 fully saturated rings. The zero-order valence-electron chi connectivity index (χ0n) is 19.5. The van der Waals surface area contributed by atoms with Crippen LogP contribution in [0.2, 0.25) is 0 Å². The summed E-state index contributed by atoms with van der Waals surface area (Å²) >= 11 is 0. The average molecular weight is 380 g/mol. The number of rotatable bonds is 23. The van der Waals surface area contributed by atoms with Crippen molar-refractivity contribution in [2.75, 3.05) is 0 Å². The van der Waals surface area contributed by atoms with Crippen LogP contribution in [0.1, 0.15) is 162 Å². The standard InChI is InChI=1S/C27H55/c1-4-6-8-10-12-13-14-15-16-17-18-20-22-24-26-27(3)25-23-21-19-11-9-7-5-2/h27H,3-26H2,1-2H3. The zero-order valence-corrected chi connectivity index (χ0v) is 19.5. The van der Waals surface area contributed by atoms with Gasteiger partial charge in [-0.05, 0) is 5.92 Å². The molecule has 0 nitrogen and oxygen atoms in total. The molecule has 0 aliphatic heterocycles. The van der Waals surface area contributed by atoms with Crippen molar-refractivity contribution in [2.45, 2.75) is 162 Å². The maximum Gasteiger partial charge on any atom is -0.0414 e. The van der Waals surface area contributed by atoms with Crippen molar-refractivity contribution in [2.24, 2.45) is 5.92 Å². The van der Waals surface area contributed by atoms with Gasteiger partial charge in [0.05, 0.1) is 0 Å². The van der Waals surface area contributed by atoms with Crippen LogP contribution in [0.5, 0.6) is 0 Å². The fraction of sp³-hybridized carbons (Fsp3) is 0.963. The lowest BCUT2D eigenvalue weighted by Gasteiger charge is -2.11. The van der Waals surface area contributed by atoms with Gasteiger partial charge in [0.25, 0.3) is 0 Å². The molecule has 0 aromatic rings. The molecule has 0 saturated carbocycles. The summed E-state index contributed by atoms with van der Waals surface area (Å²) < 4.78 is 0. The van der Waals surface area contributed by atoms with E-state index in [1.807, 2.05) is 0 Å². The van der Waals surface area contributed by atoms with Crippen LogP contribution in [-0.2, 0) is 0 Å². The SMILES string of the molecule is [CH2]C(CCCCCCCCC)CCCCCCCCCCCCCCCC. The summed E-state index contributed by atoms with van der Waals surface area (Å²) in [4.78, 5) is 0. The molecule has 1 atom stereocenters. The minimum Gasteiger partial charge on any atom is -0.0654 e. The summed E-state index contributed by atoms with van der Waals surface area (Å²) in [6, 6.07) is 0. The number of hydrogen-bond acceptors (Lipinski definition) is 0. The van der Waals surface area contributed by atoms with Crippen LogP contribution in [0.15, 0.2) is 0 Å². The van der Waals surface area contributed by atoms with Crippen LogP contribution in [0.4, 0.5) is 0 Å². The van der Waals surface area contributed by atoms with Gasteiger partial charge in [0, 0.05) is 0 Å². The fourth-order valence-corrected chi connectivity index (χ4v) is 4.16. The van der Waals surface area contributed by atoms with Crippen molar-refractivity contribution in [3.8, 4) is 0 Å². The van der Waals surface area contributed by atoms with E-state index in [0.717, 1.165) is 5.92 Å². The first-order chi connectivity index (χ1) is 13.3. The summed E-state index contributed by atoms with van der Waals surface area (Å²) in [6.45, 7) is 8.98. The molecule has 0 bridgehead atoms. The molecule has 0 aliphatic carbocycles. The second-order valence-corrected chi connectivity index (χ2v) is 9.16. The van der Waals surface area contributed by atoms with Crippen molar-refractivity contribution in [3.63, 3.8) is 0 Å². The zero-order chi connectivity index (χ0) is 19.8. The topological polar surface area (TPSA) is 0 Å². The highest BCUT2D eigenvalue weighted by Gasteiger charge is 2.02. The minimum atomic E-state index is 0.720. The maximum atomic E-state index is 4.38. The molecule has 0 rings (SSSR count). The lowest BCUT2D eigenvalue weighted by Crippen LogP contribution is -1.95. The Hall–Kier alpha value is 0. The van der Waals surface area contributed by atoms with Gasteiger partial charge in [-0.25, -0.2) is 0 Å². The van der Waals surface area contributed by atoms with Crippen LogP contribution in [-0.4, -0.2) is 0 Å². The van der Waals surface area contributed by atoms with E-state index in [-0.39, 0.29) is 0 Å². The van der Waals surface area contributed by atoms with E-state index < -0.39 is 0 Å². The molecule has 27 heavy (non-hydrogen) atoms. The van der Waals surface area contributed by atoms with Crippen molar-refractivity contribution < 1.29 is 0 Å². The van der Waals surface area contributed by atoms with Gasteiger partial charge in [-0.1, -0.05) is 168 Å². The van der Waals surface area contributed by atoms with Crippen LogP contribution >= 0.6 is 0 Å². The first kappa shape index (κ1) is 27.0. The Morgan fingerprint density at radius 1 is 0.370 bits per heavy atom. The van der Waals surface area contributed by atoms with E-state index in [0.29, 0.717) is 0 Å². The van der Waals surface area contributed by atoms with Gasteiger partial charge in [0.2, 0.25) is 0 Å². The Labute approximate surface area is 174 Å². The minimum absolute atomic E-state index is 0.720. The van der Waals surface area contributed by atoms with Crippen molar-refractivity contribution in [1.29, 1.82) is 0 Å². The lowest BCUT2D eigenvalue weighted by molar-refractivity contribution is 0.460. The van der Waals surface area contributed by atoms with Crippen molar-refractivity contribution >= 4 is 0 Å². The highest BCUT2D eigenvalue weighted by molar-refractivity contribution is 4.62. The summed E-state index contributed by atoms with van der Waals surface area (Å²) in [7, 11) is 0. The molecule has 0 amide bonds. The van der Waals surface area contributed by atoms with Crippen LogP contribution in [0.25, 0.3) is 0 Å². The molecular weight excluding hydrogens is 324 g/mol. The fourth-order valence-electron chi connectivity index (χ4n) is 4.16. The van der Waals surface area contributed by atoms with E-state index in [2.05, 4.69) is 20.8 Å². The molecule has 0 aromatic carbocycles. The predicted molar refractivity (Wildman–Crippen MR) is 126 cm³/mol. The third-order valence-electron chi connectivity index (χ3n) is 6.18. The van der Waals surface area contributed by atoms with Crippen molar-refractivity contribution in [1.82, 2.24) is 0 Å². The lowest BCUT2D eigenvalue weighted by atomic mass is 9.95. The van der Waals surface area contributed by atoms with E-state index in [9.17, 15) is 0 Å². The molecule has 0 aliphatic rings. The molecular formula is C27H55. The molecule has 163 valence electrons. The van der Waals surface area contributed by atoms with E-state index in [4.69, 9.17) is 0 Å². The molecule has 1 radical (unpaired) electrons. The predicted octanol–water partition coefficient (Wildman–Crippen LogP) is 10.4. The molecule has 0 saturated heterocycles. The highest BCUT2D eigenvalue weighted by atomic mass is 14.1. The van der Waals surface area contributed by atoms with Gasteiger partial charge in [0.15, 0.2) is 0 Å². The second-order valence-electron chi connectivity index (χ2n) is 9.16. The maximum absolute atomic E-state index is 4.38. The van der Waals surface area contributed by atoms with Crippen molar-refractivity contribution in [3.05, 3.63) is 6.92 Å². The Bertz CT molecular complexity index is 244. The van der Waals surface area contributed by atoms with E-state index >= 15 is 0 Å². The van der Waals surface area contributed by atoms with Gasteiger partial charge in [-0.3, -0.25) is 0 Å². The average Bonchev–Trinajstić information content (AvgIpc) is 2.67. The molecule has 0 N–H and O–H groups in total. The van der Waals surface area contributed by atoms with E-state index in [1.165, 1.54) is 148 Å². The van der Waals surface area contributed by atoms with Crippen LogP contribution in [0, 0.1) is 12.8 Å². The number of unbranched alkanes of at least 4 members (excludes halogenated alkanes) is 19. The first-order valence-corrected chi connectivity index (χ1v) is 13.1. The highest BCUT2D eigenvalue weighted by Crippen LogP contribution is 2.19. The Morgan fingerprint density at radius 2 is 0.593 bits per heavy atom. The molecule has 0 aromatic heterocycles. The summed E-state index contributed by atoms with van der Waals surface area (Å²) in [6.07, 6.45) is 33.1. The van der Waals surface area contributed by atoms with Gasteiger partial charge in [0.1, 0.15) is 0 Å². The molecule has 0 spiro atoms. The van der Waals surface area contributed by atoms with Gasteiger partial charge >= 0.3 is 0 Å². The molecule has 0 heteroatoms. The quantitative estimate of drug-likeness (QED) is 0.155. The molecule has 1 unspecified atom stereocenters. The second kappa shape index (κ2) is 24.0. The summed E-state index contributed by atoms with van der Waals surface area (Å²) in [5, 5.41) is 0. The molecule has 0 heterocycles. The summed E-state index contributed by atoms with van der Waals surface area (Å²) in [5.41, 5.74) is 0. The smallest absolute Gasteiger partial charge is 0.0414 e. The normalized spacial score (nSPS) is 12.6. The summed E-state index contributed by atoms with van der Waals surface area (Å²) in [5.74, 6) is 0.720. The monoisotopic (exact) mass is 379 g/mol. The van der Waals surface area contributed by atoms with Gasteiger partial charge < -0.3 is 0 Å². The Balaban J connectivity index is 3.10. The van der Waals surface area contributed by atoms with Crippen LogP contribution < -0.4 is 0 Å². The van der Waals surface area contributed by atoms with Gasteiger partial charge in [-0.15, -0.1) is 0 Å². The Kier molecular flexibility index (Phi) is 24.0.